The first kappa shape index (κ1) is 31.8. The van der Waals surface area contributed by atoms with Crippen LogP contribution in [0.5, 0.6) is 11.5 Å². The number of hydrogen-bond acceptors (Lipinski definition) is 8. The smallest absolute Gasteiger partial charge is 0.414 e. The van der Waals surface area contributed by atoms with Gasteiger partial charge in [-0.1, -0.05) is 54.6 Å². The molecule has 4 aromatic rings. The molecule has 1 aromatic heterocycles. The first-order valence-electron chi connectivity index (χ1n) is 14.1. The van der Waals surface area contributed by atoms with Crippen LogP contribution in [0, 0.1) is 0 Å². The molecule has 5 rings (SSSR count). The molecule has 44 heavy (non-hydrogen) atoms. The quantitative estimate of drug-likeness (QED) is 0.228. The lowest BCUT2D eigenvalue weighted by molar-refractivity contribution is -0.159. The minimum atomic E-state index is -1.82. The standard InChI is InChI=1S/C31H34N4O3.C2H2O4/c1-34(17-15-22-13-14-27(37-2)28(19-22)38-3)21-29(36)33-30-24-11-7-8-12-26(24)32-31-25(30)16-18-35(31)20-23-9-5-4-6-10-23;3-1(4)2(5)6/h4-14,19H,15-18,20-21H2,1-3H3,(H,32,33,36);(H,3,4)(H,5,6). The van der Waals surface area contributed by atoms with Gasteiger partial charge >= 0.3 is 11.9 Å². The van der Waals surface area contributed by atoms with Gasteiger partial charge in [-0.2, -0.15) is 0 Å². The van der Waals surface area contributed by atoms with Crippen molar-refractivity contribution in [2.45, 2.75) is 19.4 Å². The average molecular weight is 601 g/mol. The molecule has 0 fully saturated rings. The zero-order valence-electron chi connectivity index (χ0n) is 24.9. The van der Waals surface area contributed by atoms with E-state index in [1.807, 2.05) is 60.5 Å². The van der Waals surface area contributed by atoms with Gasteiger partial charge in [-0.3, -0.25) is 9.69 Å². The Morgan fingerprint density at radius 3 is 2.27 bits per heavy atom. The maximum absolute atomic E-state index is 13.2. The second-order valence-corrected chi connectivity index (χ2v) is 10.3. The van der Waals surface area contributed by atoms with E-state index in [0.717, 1.165) is 66.0 Å². The molecule has 230 valence electrons. The fourth-order valence-corrected chi connectivity index (χ4v) is 5.05. The summed E-state index contributed by atoms with van der Waals surface area (Å²) in [6.45, 7) is 2.71. The molecule has 0 spiro atoms. The van der Waals surface area contributed by atoms with Gasteiger partial charge in [-0.25, -0.2) is 14.6 Å². The molecule has 1 aliphatic rings. The van der Waals surface area contributed by atoms with E-state index in [4.69, 9.17) is 34.3 Å². The van der Waals surface area contributed by atoms with Gasteiger partial charge in [0.1, 0.15) is 5.82 Å². The molecule has 0 saturated heterocycles. The number of ether oxygens (including phenoxy) is 2. The maximum Gasteiger partial charge on any atom is 0.414 e. The van der Waals surface area contributed by atoms with Crippen LogP contribution < -0.4 is 19.7 Å². The third-order valence-corrected chi connectivity index (χ3v) is 7.21. The second kappa shape index (κ2) is 14.8. The number of para-hydroxylation sites is 1. The van der Waals surface area contributed by atoms with Crippen LogP contribution in [-0.4, -0.2) is 78.8 Å². The fraction of sp³-hybridized carbons (Fsp3) is 0.273. The van der Waals surface area contributed by atoms with Crippen LogP contribution in [0.3, 0.4) is 0 Å². The van der Waals surface area contributed by atoms with E-state index >= 15 is 0 Å². The number of nitrogens with one attached hydrogen (secondary N) is 1. The highest BCUT2D eigenvalue weighted by molar-refractivity contribution is 6.27. The van der Waals surface area contributed by atoms with E-state index in [-0.39, 0.29) is 5.91 Å². The van der Waals surface area contributed by atoms with E-state index in [9.17, 15) is 4.79 Å². The topological polar surface area (TPSA) is 142 Å². The minimum absolute atomic E-state index is 0.0279. The summed E-state index contributed by atoms with van der Waals surface area (Å²) >= 11 is 0. The maximum atomic E-state index is 13.2. The van der Waals surface area contributed by atoms with E-state index in [0.29, 0.717) is 18.0 Å². The van der Waals surface area contributed by atoms with E-state index in [1.54, 1.807) is 14.2 Å². The summed E-state index contributed by atoms with van der Waals surface area (Å²) in [5.74, 6) is -1.29. The number of methoxy groups -OCH3 is 2. The number of likely N-dealkylation sites (N-methyl/N-ethyl adjacent to an activating group) is 1. The first-order chi connectivity index (χ1) is 21.2. The number of hydrogen-bond donors (Lipinski definition) is 3. The fourth-order valence-electron chi connectivity index (χ4n) is 5.05. The van der Waals surface area contributed by atoms with Crippen LogP contribution in [0.2, 0.25) is 0 Å². The van der Waals surface area contributed by atoms with Crippen molar-refractivity contribution in [2.24, 2.45) is 0 Å². The number of aromatic nitrogens is 1. The van der Waals surface area contributed by atoms with Gasteiger partial charge < -0.3 is 29.9 Å². The lowest BCUT2D eigenvalue weighted by atomic mass is 10.1. The predicted molar refractivity (Wildman–Crippen MR) is 168 cm³/mol. The molecule has 2 heterocycles. The highest BCUT2D eigenvalue weighted by Crippen LogP contribution is 2.38. The Labute approximate surface area is 255 Å². The van der Waals surface area contributed by atoms with Gasteiger partial charge in [0.05, 0.1) is 32.0 Å². The Bertz CT molecular complexity index is 1620. The molecule has 0 radical (unpaired) electrons. The Morgan fingerprint density at radius 2 is 1.59 bits per heavy atom. The third kappa shape index (κ3) is 8.01. The molecular weight excluding hydrogens is 564 g/mol. The number of carbonyl (C=O) groups excluding carboxylic acids is 1. The summed E-state index contributed by atoms with van der Waals surface area (Å²) in [5, 5.41) is 19.0. The molecule has 0 unspecified atom stereocenters. The van der Waals surface area contributed by atoms with Gasteiger partial charge in [0.25, 0.3) is 0 Å². The number of benzene rings is 3. The monoisotopic (exact) mass is 600 g/mol. The van der Waals surface area contributed by atoms with Crippen molar-refractivity contribution in [1.82, 2.24) is 9.88 Å². The van der Waals surface area contributed by atoms with Gasteiger partial charge in [0, 0.05) is 30.6 Å². The highest BCUT2D eigenvalue weighted by Gasteiger charge is 2.26. The first-order valence-corrected chi connectivity index (χ1v) is 14.1. The Hall–Kier alpha value is -5.16. The largest absolute Gasteiger partial charge is 0.493 e. The Kier molecular flexibility index (Phi) is 10.7. The van der Waals surface area contributed by atoms with Gasteiger partial charge in [-0.05, 0) is 49.2 Å². The zero-order valence-corrected chi connectivity index (χ0v) is 24.9. The summed E-state index contributed by atoms with van der Waals surface area (Å²) in [6, 6.07) is 24.4. The number of carbonyl (C=O) groups is 3. The van der Waals surface area contributed by atoms with Crippen molar-refractivity contribution in [2.75, 3.05) is 51.1 Å². The number of pyridine rings is 1. The van der Waals surface area contributed by atoms with E-state index < -0.39 is 11.9 Å². The lowest BCUT2D eigenvalue weighted by Gasteiger charge is -2.21. The van der Waals surface area contributed by atoms with Gasteiger partial charge in [-0.15, -0.1) is 0 Å². The van der Waals surface area contributed by atoms with Crippen LogP contribution in [0.4, 0.5) is 11.5 Å². The summed E-state index contributed by atoms with van der Waals surface area (Å²) in [7, 11) is 5.24. The number of carboxylic acids is 2. The summed E-state index contributed by atoms with van der Waals surface area (Å²) < 4.78 is 10.7. The number of anilines is 2. The number of rotatable bonds is 10. The number of aliphatic carboxylic acids is 2. The van der Waals surface area contributed by atoms with Crippen molar-refractivity contribution >= 4 is 40.3 Å². The predicted octanol–water partition coefficient (Wildman–Crippen LogP) is 4.08. The van der Waals surface area contributed by atoms with E-state index in [1.165, 1.54) is 5.56 Å². The molecule has 0 bridgehead atoms. The second-order valence-electron chi connectivity index (χ2n) is 10.3. The molecule has 1 aliphatic heterocycles. The van der Waals surface area contributed by atoms with Crippen molar-refractivity contribution in [1.29, 1.82) is 0 Å². The molecule has 11 nitrogen and oxygen atoms in total. The SMILES string of the molecule is COc1ccc(CCN(C)CC(=O)Nc2c3c(nc4ccccc24)N(Cc2ccccc2)CC3)cc1OC.O=C(O)C(=O)O. The normalized spacial score (nSPS) is 11.9. The van der Waals surface area contributed by atoms with Crippen molar-refractivity contribution in [3.05, 3.63) is 89.5 Å². The summed E-state index contributed by atoms with van der Waals surface area (Å²) in [5.41, 5.74) is 5.27. The van der Waals surface area contributed by atoms with E-state index in [2.05, 4.69) is 34.5 Å². The molecule has 0 aliphatic carbocycles. The van der Waals surface area contributed by atoms with Gasteiger partial charge in [0.15, 0.2) is 11.5 Å². The molecular formula is C33H36N4O7. The van der Waals surface area contributed by atoms with Crippen molar-refractivity contribution < 1.29 is 34.1 Å². The highest BCUT2D eigenvalue weighted by atomic mass is 16.5. The number of fused-ring (bicyclic) bond motifs is 2. The van der Waals surface area contributed by atoms with Crippen LogP contribution in [0.15, 0.2) is 72.8 Å². The molecule has 0 atom stereocenters. The van der Waals surface area contributed by atoms with Crippen molar-refractivity contribution in [3.63, 3.8) is 0 Å². The number of carboxylic acid groups (broad SMARTS) is 2. The van der Waals surface area contributed by atoms with Crippen molar-refractivity contribution in [3.8, 4) is 11.5 Å². The average Bonchev–Trinajstić information content (AvgIpc) is 3.42. The van der Waals surface area contributed by atoms with Crippen LogP contribution in [0.1, 0.15) is 16.7 Å². The lowest BCUT2D eigenvalue weighted by Crippen LogP contribution is -2.32. The molecule has 1 amide bonds. The number of nitrogens with zero attached hydrogens (tertiary/aromatic N) is 3. The summed E-state index contributed by atoms with van der Waals surface area (Å²) in [6.07, 6.45) is 1.65. The minimum Gasteiger partial charge on any atom is -0.493 e. The Morgan fingerprint density at radius 1 is 0.909 bits per heavy atom. The van der Waals surface area contributed by atoms with Gasteiger partial charge in [0.2, 0.25) is 5.91 Å². The Balaban J connectivity index is 0.000000670. The molecule has 3 aromatic carbocycles. The number of amides is 1. The molecule has 0 saturated carbocycles. The summed E-state index contributed by atoms with van der Waals surface area (Å²) in [4.78, 5) is 40.8. The van der Waals surface area contributed by atoms with Crippen LogP contribution in [0.25, 0.3) is 10.9 Å². The molecule has 11 heteroatoms. The van der Waals surface area contributed by atoms with Crippen LogP contribution >= 0.6 is 0 Å². The molecule has 3 N–H and O–H groups in total. The third-order valence-electron chi connectivity index (χ3n) is 7.21. The zero-order chi connectivity index (χ0) is 31.6. The van der Waals surface area contributed by atoms with Crippen LogP contribution in [-0.2, 0) is 33.8 Å².